The minimum atomic E-state index is 1.22. The second-order valence-electron chi connectivity index (χ2n) is 10.2. The van der Waals surface area contributed by atoms with E-state index in [0.717, 1.165) is 0 Å². The lowest BCUT2D eigenvalue weighted by atomic mass is 10.1. The molecule has 0 aromatic carbocycles. The van der Waals surface area contributed by atoms with Crippen LogP contribution in [0, 0.1) is 0 Å². The van der Waals surface area contributed by atoms with Crippen molar-refractivity contribution in [2.24, 2.45) is 0 Å². The van der Waals surface area contributed by atoms with Crippen molar-refractivity contribution in [1.82, 2.24) is 9.80 Å². The molecule has 0 aliphatic heterocycles. The van der Waals surface area contributed by atoms with Crippen LogP contribution in [0.2, 0.25) is 0 Å². The van der Waals surface area contributed by atoms with Gasteiger partial charge in [-0.25, -0.2) is 0 Å². The summed E-state index contributed by atoms with van der Waals surface area (Å²) in [7, 11) is 4.32. The van der Waals surface area contributed by atoms with Gasteiger partial charge in [0.2, 0.25) is 0 Å². The zero-order valence-corrected chi connectivity index (χ0v) is 23.9. The van der Waals surface area contributed by atoms with E-state index >= 15 is 0 Å². The highest BCUT2D eigenvalue weighted by molar-refractivity contribution is 4.53. The Balaban J connectivity index is 0. The zero-order valence-electron chi connectivity index (χ0n) is 23.9. The summed E-state index contributed by atoms with van der Waals surface area (Å²) in [5.41, 5.74) is 0. The third-order valence-electron chi connectivity index (χ3n) is 6.68. The van der Waals surface area contributed by atoms with Gasteiger partial charge in [0, 0.05) is 0 Å². The van der Waals surface area contributed by atoms with Gasteiger partial charge in [0.15, 0.2) is 0 Å². The molecule has 0 spiro atoms. The Hall–Kier alpha value is -0.0800. The van der Waals surface area contributed by atoms with Crippen LogP contribution in [0.3, 0.4) is 0 Å². The lowest BCUT2D eigenvalue weighted by molar-refractivity contribution is 0.295. The van der Waals surface area contributed by atoms with Gasteiger partial charge in [-0.1, -0.05) is 143 Å². The van der Waals surface area contributed by atoms with Crippen molar-refractivity contribution < 1.29 is 0 Å². The molecule has 0 radical (unpaired) electrons. The standard InChI is InChI=1S/C16H35N.C14H31N/c1-4-7-8-9-10-11-12-13-14-15-16-17(5-2)6-3;1-4-5-6-7-8-9-10-11-12-13-14-15(2)3/h4-16H2,1-3H3;4-14H2,1-3H3. The molecule has 32 heavy (non-hydrogen) atoms. The normalized spacial score (nSPS) is 11.2. The maximum Gasteiger partial charge on any atom is -0.00190 e. The molecule has 196 valence electrons. The molecule has 0 bridgehead atoms. The van der Waals surface area contributed by atoms with Crippen molar-refractivity contribution in [3.05, 3.63) is 0 Å². The SMILES string of the molecule is CCCCCCCCCCCCN(C)C.CCCCCCCCCCCCN(CC)CC. The van der Waals surface area contributed by atoms with Gasteiger partial charge in [-0.05, 0) is 53.1 Å². The van der Waals surface area contributed by atoms with Gasteiger partial charge in [0.1, 0.15) is 0 Å². The van der Waals surface area contributed by atoms with Crippen molar-refractivity contribution in [1.29, 1.82) is 0 Å². The van der Waals surface area contributed by atoms with E-state index in [1.165, 1.54) is 155 Å². The summed E-state index contributed by atoms with van der Waals surface area (Å²) in [5.74, 6) is 0. The van der Waals surface area contributed by atoms with Gasteiger partial charge in [0.25, 0.3) is 0 Å². The van der Waals surface area contributed by atoms with Crippen LogP contribution in [0.5, 0.6) is 0 Å². The third-order valence-corrected chi connectivity index (χ3v) is 6.68. The first kappa shape index (κ1) is 34.1. The summed E-state index contributed by atoms with van der Waals surface area (Å²) in [6.45, 7) is 14.1. The Labute approximate surface area is 206 Å². The summed E-state index contributed by atoms with van der Waals surface area (Å²) >= 11 is 0. The lowest BCUT2D eigenvalue weighted by Crippen LogP contribution is -2.23. The van der Waals surface area contributed by atoms with E-state index in [1.807, 2.05) is 0 Å². The van der Waals surface area contributed by atoms with E-state index < -0.39 is 0 Å². The third kappa shape index (κ3) is 32.1. The number of hydrogen-bond acceptors (Lipinski definition) is 2. The first-order valence-electron chi connectivity index (χ1n) is 15.0. The first-order valence-corrected chi connectivity index (χ1v) is 15.0. The molecule has 0 atom stereocenters. The Morgan fingerprint density at radius 2 is 0.625 bits per heavy atom. The van der Waals surface area contributed by atoms with E-state index in [4.69, 9.17) is 0 Å². The second-order valence-corrected chi connectivity index (χ2v) is 10.2. The second kappa shape index (κ2) is 30.9. The maximum atomic E-state index is 2.53. The van der Waals surface area contributed by atoms with Gasteiger partial charge in [-0.3, -0.25) is 0 Å². The molecule has 0 N–H and O–H groups in total. The first-order chi connectivity index (χ1) is 15.6. The highest BCUT2D eigenvalue weighted by Crippen LogP contribution is 2.11. The van der Waals surface area contributed by atoms with Crippen molar-refractivity contribution >= 4 is 0 Å². The van der Waals surface area contributed by atoms with Crippen LogP contribution in [-0.4, -0.2) is 50.1 Å². The Morgan fingerprint density at radius 1 is 0.344 bits per heavy atom. The van der Waals surface area contributed by atoms with Gasteiger partial charge < -0.3 is 9.80 Å². The molecular weight excluding hydrogens is 388 g/mol. The largest absolute Gasteiger partial charge is 0.309 e. The monoisotopic (exact) mass is 455 g/mol. The fourth-order valence-corrected chi connectivity index (χ4v) is 4.28. The topological polar surface area (TPSA) is 6.48 Å². The molecule has 0 aliphatic carbocycles. The average Bonchev–Trinajstić information content (AvgIpc) is 2.79. The number of hydrogen-bond donors (Lipinski definition) is 0. The molecule has 0 amide bonds. The molecular formula is C30H66N2. The predicted octanol–water partition coefficient (Wildman–Crippen LogP) is 9.72. The minimum absolute atomic E-state index is 1.22. The van der Waals surface area contributed by atoms with Crippen LogP contribution < -0.4 is 0 Å². The molecule has 0 aromatic rings. The van der Waals surface area contributed by atoms with Crippen LogP contribution in [0.25, 0.3) is 0 Å². The summed E-state index contributed by atoms with van der Waals surface area (Å²) in [4.78, 5) is 4.81. The Bertz CT molecular complexity index is 299. The van der Waals surface area contributed by atoms with Crippen molar-refractivity contribution in [2.45, 2.75) is 156 Å². The van der Waals surface area contributed by atoms with Crippen LogP contribution >= 0.6 is 0 Å². The van der Waals surface area contributed by atoms with Crippen LogP contribution in [-0.2, 0) is 0 Å². The highest BCUT2D eigenvalue weighted by Gasteiger charge is 1.98. The summed E-state index contributed by atoms with van der Waals surface area (Å²) < 4.78 is 0. The molecule has 0 saturated carbocycles. The zero-order chi connectivity index (χ0) is 24.1. The molecule has 0 fully saturated rings. The molecule has 0 rings (SSSR count). The summed E-state index contributed by atoms with van der Waals surface area (Å²) in [5, 5.41) is 0. The summed E-state index contributed by atoms with van der Waals surface area (Å²) in [6, 6.07) is 0. The smallest absolute Gasteiger partial charge is 0.00190 e. The summed E-state index contributed by atoms with van der Waals surface area (Å²) in [6.07, 6.45) is 28.8. The molecule has 0 aromatic heterocycles. The van der Waals surface area contributed by atoms with E-state index in [-0.39, 0.29) is 0 Å². The van der Waals surface area contributed by atoms with Gasteiger partial charge in [-0.15, -0.1) is 0 Å². The number of rotatable bonds is 24. The average molecular weight is 455 g/mol. The molecule has 2 nitrogen and oxygen atoms in total. The minimum Gasteiger partial charge on any atom is -0.309 e. The maximum absolute atomic E-state index is 2.53. The van der Waals surface area contributed by atoms with Crippen LogP contribution in [0.15, 0.2) is 0 Å². The van der Waals surface area contributed by atoms with E-state index in [2.05, 4.69) is 51.6 Å². The lowest BCUT2D eigenvalue weighted by Gasteiger charge is -2.17. The van der Waals surface area contributed by atoms with E-state index in [9.17, 15) is 0 Å². The fourth-order valence-electron chi connectivity index (χ4n) is 4.28. The predicted molar refractivity (Wildman–Crippen MR) is 150 cm³/mol. The van der Waals surface area contributed by atoms with Crippen LogP contribution in [0.1, 0.15) is 156 Å². The number of nitrogens with zero attached hydrogens (tertiary/aromatic N) is 2. The quantitative estimate of drug-likeness (QED) is 0.134. The molecule has 0 saturated heterocycles. The van der Waals surface area contributed by atoms with Gasteiger partial charge in [-0.2, -0.15) is 0 Å². The van der Waals surface area contributed by atoms with E-state index in [1.54, 1.807) is 0 Å². The van der Waals surface area contributed by atoms with Gasteiger partial charge in [0.05, 0.1) is 0 Å². The van der Waals surface area contributed by atoms with Crippen LogP contribution in [0.4, 0.5) is 0 Å². The van der Waals surface area contributed by atoms with Gasteiger partial charge >= 0.3 is 0 Å². The Morgan fingerprint density at radius 3 is 0.906 bits per heavy atom. The van der Waals surface area contributed by atoms with Crippen molar-refractivity contribution in [2.75, 3.05) is 40.3 Å². The molecule has 0 unspecified atom stereocenters. The highest BCUT2D eigenvalue weighted by atomic mass is 15.1. The fraction of sp³-hybridized carbons (Fsp3) is 1.00. The number of unbranched alkanes of at least 4 members (excludes halogenated alkanes) is 18. The van der Waals surface area contributed by atoms with Crippen molar-refractivity contribution in [3.63, 3.8) is 0 Å². The molecule has 0 aliphatic rings. The van der Waals surface area contributed by atoms with Crippen molar-refractivity contribution in [3.8, 4) is 0 Å². The molecule has 2 heteroatoms. The Kier molecular flexibility index (Phi) is 32.9. The molecule has 0 heterocycles. The van der Waals surface area contributed by atoms with E-state index in [0.29, 0.717) is 0 Å².